The van der Waals surface area contributed by atoms with Crippen LogP contribution in [0, 0.1) is 17.8 Å². The van der Waals surface area contributed by atoms with Crippen LogP contribution in [0.2, 0.25) is 0 Å². The molecule has 0 aromatic rings. The molecule has 13 heavy (non-hydrogen) atoms. The van der Waals surface area contributed by atoms with E-state index >= 15 is 0 Å². The fraction of sp³-hybridized carbons (Fsp3) is 0.900. The Morgan fingerprint density at radius 2 is 2.00 bits per heavy atom. The van der Waals surface area contributed by atoms with Gasteiger partial charge in [-0.15, -0.1) is 0 Å². The minimum atomic E-state index is -0.786. The Morgan fingerprint density at radius 3 is 2.38 bits per heavy atom. The van der Waals surface area contributed by atoms with Gasteiger partial charge < -0.3 is 10.2 Å². The number of aliphatic carboxylic acids is 1. The van der Waals surface area contributed by atoms with Crippen LogP contribution in [0.1, 0.15) is 32.6 Å². The van der Waals surface area contributed by atoms with Crippen molar-refractivity contribution in [2.45, 2.75) is 32.6 Å². The second-order valence-electron chi connectivity index (χ2n) is 4.02. The molecule has 1 rings (SSSR count). The van der Waals surface area contributed by atoms with Crippen LogP contribution in [-0.4, -0.2) is 22.8 Å². The molecule has 0 heterocycles. The summed E-state index contributed by atoms with van der Waals surface area (Å²) in [4.78, 5) is 10.7. The first-order valence-electron chi connectivity index (χ1n) is 5.00. The first-order chi connectivity index (χ1) is 6.16. The van der Waals surface area contributed by atoms with Crippen molar-refractivity contribution in [1.29, 1.82) is 0 Å². The van der Waals surface area contributed by atoms with Crippen molar-refractivity contribution in [1.82, 2.24) is 0 Å². The number of aliphatic hydroxyl groups excluding tert-OH is 1. The van der Waals surface area contributed by atoms with E-state index in [1.807, 2.05) is 0 Å². The van der Waals surface area contributed by atoms with Crippen molar-refractivity contribution in [3.63, 3.8) is 0 Å². The molecule has 0 aromatic heterocycles. The van der Waals surface area contributed by atoms with Crippen LogP contribution in [0.15, 0.2) is 0 Å². The summed E-state index contributed by atoms with van der Waals surface area (Å²) in [6.07, 6.45) is 4.55. The summed E-state index contributed by atoms with van der Waals surface area (Å²) in [6, 6.07) is 0. The van der Waals surface area contributed by atoms with Crippen LogP contribution in [0.25, 0.3) is 0 Å². The molecular formula is C10H18O3. The summed E-state index contributed by atoms with van der Waals surface area (Å²) in [5.74, 6) is -0.810. The predicted octanol–water partition coefficient (Wildman–Crippen LogP) is 1.51. The summed E-state index contributed by atoms with van der Waals surface area (Å²) in [6.45, 7) is 1.71. The van der Waals surface area contributed by atoms with E-state index < -0.39 is 11.9 Å². The van der Waals surface area contributed by atoms with Crippen molar-refractivity contribution in [3.05, 3.63) is 0 Å². The molecule has 0 radical (unpaired) electrons. The molecule has 1 aliphatic rings. The summed E-state index contributed by atoms with van der Waals surface area (Å²) < 4.78 is 0. The van der Waals surface area contributed by atoms with Crippen molar-refractivity contribution in [2.24, 2.45) is 17.8 Å². The van der Waals surface area contributed by atoms with Gasteiger partial charge in [-0.05, 0) is 11.8 Å². The van der Waals surface area contributed by atoms with Gasteiger partial charge in [0, 0.05) is 6.61 Å². The molecule has 0 unspecified atom stereocenters. The Hall–Kier alpha value is -0.570. The Morgan fingerprint density at radius 1 is 1.46 bits per heavy atom. The molecule has 1 saturated carbocycles. The summed E-state index contributed by atoms with van der Waals surface area (Å²) >= 11 is 0. The highest BCUT2D eigenvalue weighted by atomic mass is 16.4. The Kier molecular flexibility index (Phi) is 3.72. The molecular weight excluding hydrogens is 168 g/mol. The number of aliphatic hydroxyl groups is 1. The Labute approximate surface area is 78.8 Å². The highest BCUT2D eigenvalue weighted by molar-refractivity contribution is 5.69. The lowest BCUT2D eigenvalue weighted by atomic mass is 9.82. The van der Waals surface area contributed by atoms with E-state index in [0.29, 0.717) is 5.92 Å². The van der Waals surface area contributed by atoms with E-state index in [0.717, 1.165) is 12.8 Å². The van der Waals surface area contributed by atoms with Crippen LogP contribution in [0.5, 0.6) is 0 Å². The van der Waals surface area contributed by atoms with Gasteiger partial charge in [-0.1, -0.05) is 32.6 Å². The first kappa shape index (κ1) is 10.5. The summed E-state index contributed by atoms with van der Waals surface area (Å²) in [5.41, 5.74) is 0. The highest BCUT2D eigenvalue weighted by Gasteiger charge is 2.32. The number of carboxylic acid groups (broad SMARTS) is 1. The van der Waals surface area contributed by atoms with E-state index in [1.165, 1.54) is 12.8 Å². The topological polar surface area (TPSA) is 57.5 Å². The van der Waals surface area contributed by atoms with Crippen LogP contribution in [0.4, 0.5) is 0 Å². The van der Waals surface area contributed by atoms with Crippen molar-refractivity contribution < 1.29 is 15.0 Å². The molecule has 2 N–H and O–H groups in total. The van der Waals surface area contributed by atoms with E-state index in [9.17, 15) is 4.79 Å². The molecule has 2 atom stereocenters. The van der Waals surface area contributed by atoms with Gasteiger partial charge in [0.1, 0.15) is 0 Å². The van der Waals surface area contributed by atoms with Crippen LogP contribution < -0.4 is 0 Å². The van der Waals surface area contributed by atoms with Gasteiger partial charge in [-0.25, -0.2) is 0 Å². The fourth-order valence-electron chi connectivity index (χ4n) is 2.28. The maximum atomic E-state index is 10.7. The second kappa shape index (κ2) is 4.61. The summed E-state index contributed by atoms with van der Waals surface area (Å²) in [7, 11) is 0. The van der Waals surface area contributed by atoms with Crippen LogP contribution in [0.3, 0.4) is 0 Å². The minimum absolute atomic E-state index is 0.0120. The third-order valence-electron chi connectivity index (χ3n) is 3.25. The average molecular weight is 186 g/mol. The second-order valence-corrected chi connectivity index (χ2v) is 4.02. The zero-order valence-corrected chi connectivity index (χ0v) is 8.07. The van der Waals surface area contributed by atoms with Gasteiger partial charge in [-0.3, -0.25) is 4.79 Å². The number of carboxylic acids is 1. The van der Waals surface area contributed by atoms with E-state index in [4.69, 9.17) is 10.2 Å². The Balaban J connectivity index is 2.54. The largest absolute Gasteiger partial charge is 0.481 e. The lowest BCUT2D eigenvalue weighted by Crippen LogP contribution is -2.29. The van der Waals surface area contributed by atoms with Gasteiger partial charge >= 0.3 is 5.97 Å². The molecule has 1 fully saturated rings. The molecule has 0 aliphatic heterocycles. The molecule has 3 nitrogen and oxygen atoms in total. The van der Waals surface area contributed by atoms with E-state index in [-0.39, 0.29) is 12.5 Å². The van der Waals surface area contributed by atoms with E-state index in [1.54, 1.807) is 6.92 Å². The number of rotatable bonds is 4. The number of carbonyl (C=O) groups is 1. The quantitative estimate of drug-likeness (QED) is 0.699. The zero-order valence-electron chi connectivity index (χ0n) is 8.07. The van der Waals surface area contributed by atoms with Crippen molar-refractivity contribution in [2.75, 3.05) is 6.61 Å². The number of hydrogen-bond acceptors (Lipinski definition) is 2. The third kappa shape index (κ3) is 2.44. The third-order valence-corrected chi connectivity index (χ3v) is 3.25. The van der Waals surface area contributed by atoms with Gasteiger partial charge in [0.05, 0.1) is 5.92 Å². The van der Waals surface area contributed by atoms with Gasteiger partial charge in [0.2, 0.25) is 0 Å². The standard InChI is InChI=1S/C10H18O3/c1-7(10(12)13)9(6-11)8-4-2-3-5-8/h7-9,11H,2-6H2,1H3,(H,12,13)/t7-,9+/m0/s1. The van der Waals surface area contributed by atoms with Gasteiger partial charge in [-0.2, -0.15) is 0 Å². The van der Waals surface area contributed by atoms with Crippen molar-refractivity contribution in [3.8, 4) is 0 Å². The number of hydrogen-bond donors (Lipinski definition) is 2. The molecule has 76 valence electrons. The zero-order chi connectivity index (χ0) is 9.84. The van der Waals surface area contributed by atoms with Crippen LogP contribution >= 0.6 is 0 Å². The molecule has 0 amide bonds. The van der Waals surface area contributed by atoms with Gasteiger partial charge in [0.25, 0.3) is 0 Å². The normalized spacial score (nSPS) is 22.9. The van der Waals surface area contributed by atoms with Crippen molar-refractivity contribution >= 4 is 5.97 Å². The highest BCUT2D eigenvalue weighted by Crippen LogP contribution is 2.34. The first-order valence-corrected chi connectivity index (χ1v) is 5.00. The molecule has 0 saturated heterocycles. The maximum Gasteiger partial charge on any atom is 0.306 e. The molecule has 0 aromatic carbocycles. The SMILES string of the molecule is C[C@H](C(=O)O)[C@@H](CO)C1CCCC1. The maximum absolute atomic E-state index is 10.7. The lowest BCUT2D eigenvalue weighted by Gasteiger charge is -2.24. The van der Waals surface area contributed by atoms with Gasteiger partial charge in [0.15, 0.2) is 0 Å². The predicted molar refractivity (Wildman–Crippen MR) is 49.3 cm³/mol. The molecule has 0 spiro atoms. The minimum Gasteiger partial charge on any atom is -0.481 e. The monoisotopic (exact) mass is 186 g/mol. The lowest BCUT2D eigenvalue weighted by molar-refractivity contribution is -0.144. The molecule has 0 bridgehead atoms. The summed E-state index contributed by atoms with van der Waals surface area (Å²) in [5, 5.41) is 18.0. The Bertz CT molecular complexity index is 173. The average Bonchev–Trinajstić information content (AvgIpc) is 2.58. The smallest absolute Gasteiger partial charge is 0.306 e. The molecule has 3 heteroatoms. The molecule has 1 aliphatic carbocycles. The van der Waals surface area contributed by atoms with Crippen LogP contribution in [-0.2, 0) is 4.79 Å². The fourth-order valence-corrected chi connectivity index (χ4v) is 2.28. The van der Waals surface area contributed by atoms with E-state index in [2.05, 4.69) is 0 Å².